The minimum Gasteiger partial charge on any atom is -0.456 e. The van der Waals surface area contributed by atoms with Crippen molar-refractivity contribution in [1.82, 2.24) is 9.13 Å². The van der Waals surface area contributed by atoms with E-state index in [4.69, 9.17) is 17.7 Å². The number of furan rings is 4. The summed E-state index contributed by atoms with van der Waals surface area (Å²) in [6, 6.07) is 101. The van der Waals surface area contributed by atoms with Gasteiger partial charge in [-0.1, -0.05) is 215 Å². The van der Waals surface area contributed by atoms with Crippen LogP contribution in [0.1, 0.15) is 0 Å². The Morgan fingerprint density at radius 2 is 0.488 bits per heavy atom. The zero-order valence-corrected chi connectivity index (χ0v) is 46.2. The van der Waals surface area contributed by atoms with E-state index in [0.717, 1.165) is 121 Å². The summed E-state index contributed by atoms with van der Waals surface area (Å²) in [5.41, 5.74) is 20.8. The van der Waals surface area contributed by atoms with Gasteiger partial charge in [0.25, 0.3) is 0 Å². The SMILES string of the molecule is c1ccc(-n2c3ccc(B(c4ccc5oc6ccccc6c5c4)c4ccc5oc6ccccc6c5c4)cc3c3c4c5ccc(B(c6ccc7oc8ccccc8c7c6)c6ccc7oc8ccccc8c7c6)cc5n(-c5ccccc5)c4ccc32)cc1. The maximum atomic E-state index is 6.45. The van der Waals surface area contributed by atoms with Gasteiger partial charge in [0, 0.05) is 76.0 Å². The standard InChI is InChI=1S/C78H46B2N2O4/c1-3-15-53(16-4-1)81-65-34-28-47(79(48-29-37-73-60(41-48)55-19-7-11-23-69(55)83-73)49-30-38-74-61(42-49)56-20-8-12-24-70(56)84-74)45-64(65)78-67(81)36-35-66-77(78)59-33-27-52(46-68(59)82(66)54-17-5-2-6-18-54)80(50-31-39-75-62(43-50)57-21-9-13-25-71(57)85-75)51-32-40-76-63(44-51)58-22-10-14-26-72(58)86-76/h1-46H. The third kappa shape index (κ3) is 6.98. The number of benzene rings is 13. The quantitative estimate of drug-likeness (QED) is 0.142. The third-order valence-corrected chi connectivity index (χ3v) is 18.3. The smallest absolute Gasteiger partial charge is 0.241 e. The lowest BCUT2D eigenvalue weighted by atomic mass is 9.36. The Morgan fingerprint density at radius 1 is 0.198 bits per heavy atom. The molecule has 0 aliphatic heterocycles. The second-order valence-electron chi connectivity index (χ2n) is 23.0. The van der Waals surface area contributed by atoms with Crippen molar-refractivity contribution in [2.45, 2.75) is 0 Å². The molecule has 86 heavy (non-hydrogen) atoms. The van der Waals surface area contributed by atoms with Gasteiger partial charge in [-0.15, -0.1) is 0 Å². The Hall–Kier alpha value is -11.2. The molecule has 19 aromatic rings. The Labute approximate surface area is 492 Å². The number of hydrogen-bond donors (Lipinski definition) is 0. The van der Waals surface area contributed by atoms with Gasteiger partial charge in [0.1, 0.15) is 44.7 Å². The molecule has 0 fully saturated rings. The first kappa shape index (κ1) is 47.3. The van der Waals surface area contributed by atoms with Crippen LogP contribution in [0.15, 0.2) is 297 Å². The number of hydrogen-bond acceptors (Lipinski definition) is 4. The minimum absolute atomic E-state index is 0.157. The molecule has 0 atom stereocenters. The maximum absolute atomic E-state index is 6.45. The van der Waals surface area contributed by atoms with Crippen molar-refractivity contribution in [3.63, 3.8) is 0 Å². The molecule has 6 nitrogen and oxygen atoms in total. The number of aromatic nitrogens is 2. The second kappa shape index (κ2) is 18.1. The second-order valence-corrected chi connectivity index (χ2v) is 23.0. The molecule has 0 saturated heterocycles. The summed E-state index contributed by atoms with van der Waals surface area (Å²) >= 11 is 0. The van der Waals surface area contributed by atoms with Crippen LogP contribution in [0.3, 0.4) is 0 Å². The lowest BCUT2D eigenvalue weighted by Crippen LogP contribution is -2.52. The summed E-state index contributed by atoms with van der Waals surface area (Å²) in [4.78, 5) is 0. The van der Waals surface area contributed by atoms with E-state index in [1.54, 1.807) is 0 Å². The monoisotopic (exact) mass is 1100 g/mol. The molecule has 8 heteroatoms. The molecule has 0 spiro atoms. The first-order valence-electron chi connectivity index (χ1n) is 29.4. The van der Waals surface area contributed by atoms with Crippen LogP contribution in [0.25, 0.3) is 143 Å². The summed E-state index contributed by atoms with van der Waals surface area (Å²) in [7, 11) is 0. The van der Waals surface area contributed by atoms with Gasteiger partial charge in [0.2, 0.25) is 13.4 Å². The minimum atomic E-state index is -0.159. The lowest BCUT2D eigenvalue weighted by Gasteiger charge is -2.17. The molecule has 13 aromatic carbocycles. The molecule has 19 rings (SSSR count). The van der Waals surface area contributed by atoms with Crippen molar-refractivity contribution in [2.75, 3.05) is 0 Å². The fourth-order valence-corrected chi connectivity index (χ4v) is 14.6. The molecular weight excluding hydrogens is 1050 g/mol. The van der Waals surface area contributed by atoms with Gasteiger partial charge in [-0.05, 0) is 97.1 Å². The Morgan fingerprint density at radius 3 is 0.895 bits per heavy atom. The molecule has 0 saturated carbocycles. The lowest BCUT2D eigenvalue weighted by molar-refractivity contribution is 0.668. The highest BCUT2D eigenvalue weighted by Gasteiger charge is 2.30. The molecule has 6 heterocycles. The van der Waals surface area contributed by atoms with E-state index in [2.05, 4.69) is 264 Å². The van der Waals surface area contributed by atoms with Crippen LogP contribution < -0.4 is 32.8 Å². The van der Waals surface area contributed by atoms with Gasteiger partial charge >= 0.3 is 0 Å². The third-order valence-electron chi connectivity index (χ3n) is 18.3. The van der Waals surface area contributed by atoms with Gasteiger partial charge in [0.15, 0.2) is 0 Å². The summed E-state index contributed by atoms with van der Waals surface area (Å²) in [5.74, 6) is 0. The largest absolute Gasteiger partial charge is 0.456 e. The molecule has 0 radical (unpaired) electrons. The van der Waals surface area contributed by atoms with Crippen molar-refractivity contribution in [2.24, 2.45) is 0 Å². The van der Waals surface area contributed by atoms with E-state index >= 15 is 0 Å². The average molecular weight is 1100 g/mol. The zero-order valence-electron chi connectivity index (χ0n) is 46.2. The first-order valence-corrected chi connectivity index (χ1v) is 29.4. The van der Waals surface area contributed by atoms with Crippen LogP contribution >= 0.6 is 0 Å². The highest BCUT2D eigenvalue weighted by atomic mass is 16.3. The van der Waals surface area contributed by atoms with E-state index in [1.165, 1.54) is 54.3 Å². The van der Waals surface area contributed by atoms with Crippen molar-refractivity contribution in [1.29, 1.82) is 0 Å². The van der Waals surface area contributed by atoms with Crippen LogP contribution in [0, 0.1) is 0 Å². The molecule has 0 aliphatic rings. The topological polar surface area (TPSA) is 62.4 Å². The fraction of sp³-hybridized carbons (Fsp3) is 0. The molecule has 6 aromatic heterocycles. The van der Waals surface area contributed by atoms with Crippen molar-refractivity contribution in [3.8, 4) is 11.4 Å². The highest BCUT2D eigenvalue weighted by molar-refractivity contribution is 6.96. The Balaban J connectivity index is 0.886. The van der Waals surface area contributed by atoms with Crippen LogP contribution in [0.2, 0.25) is 0 Å². The van der Waals surface area contributed by atoms with Crippen molar-refractivity contribution >= 4 is 178 Å². The first-order chi connectivity index (χ1) is 42.6. The normalized spacial score (nSPS) is 12.2. The van der Waals surface area contributed by atoms with Crippen LogP contribution in [-0.2, 0) is 0 Å². The van der Waals surface area contributed by atoms with Gasteiger partial charge in [-0.3, -0.25) is 0 Å². The maximum Gasteiger partial charge on any atom is 0.241 e. The number of fused-ring (bicyclic) bond motifs is 19. The summed E-state index contributed by atoms with van der Waals surface area (Å²) in [6.45, 7) is -0.315. The van der Waals surface area contributed by atoms with E-state index in [-0.39, 0.29) is 13.4 Å². The predicted molar refractivity (Wildman–Crippen MR) is 359 cm³/mol. The van der Waals surface area contributed by atoms with Gasteiger partial charge in [0.05, 0.1) is 22.1 Å². The van der Waals surface area contributed by atoms with E-state index in [0.29, 0.717) is 0 Å². The van der Waals surface area contributed by atoms with Crippen LogP contribution in [-0.4, -0.2) is 22.6 Å². The Kier molecular flexibility index (Phi) is 9.98. The van der Waals surface area contributed by atoms with E-state index < -0.39 is 0 Å². The molecule has 398 valence electrons. The zero-order chi connectivity index (χ0) is 56.1. The number of rotatable bonds is 8. The summed E-state index contributed by atoms with van der Waals surface area (Å²) in [6.07, 6.45) is 0. The van der Waals surface area contributed by atoms with Crippen LogP contribution in [0.5, 0.6) is 0 Å². The summed E-state index contributed by atoms with van der Waals surface area (Å²) in [5, 5.41) is 13.6. The van der Waals surface area contributed by atoms with Gasteiger partial charge < -0.3 is 26.8 Å². The molecule has 0 N–H and O–H groups in total. The fourth-order valence-electron chi connectivity index (χ4n) is 14.6. The van der Waals surface area contributed by atoms with Crippen molar-refractivity contribution in [3.05, 3.63) is 279 Å². The number of para-hydroxylation sites is 6. The molecule has 0 unspecified atom stereocenters. The predicted octanol–water partition coefficient (Wildman–Crippen LogP) is 16.5. The van der Waals surface area contributed by atoms with Gasteiger partial charge in [-0.25, -0.2) is 0 Å². The summed E-state index contributed by atoms with van der Waals surface area (Å²) < 4.78 is 30.7. The molecule has 0 aliphatic carbocycles. The Bertz CT molecular complexity index is 5770. The van der Waals surface area contributed by atoms with E-state index in [9.17, 15) is 0 Å². The van der Waals surface area contributed by atoms with E-state index in [1.807, 2.05) is 24.3 Å². The highest BCUT2D eigenvalue weighted by Crippen LogP contribution is 2.43. The number of nitrogens with zero attached hydrogens (tertiary/aromatic N) is 2. The molecule has 0 amide bonds. The van der Waals surface area contributed by atoms with Crippen molar-refractivity contribution < 1.29 is 17.7 Å². The van der Waals surface area contributed by atoms with Gasteiger partial charge in [-0.2, -0.15) is 0 Å². The molecule has 0 bridgehead atoms. The van der Waals surface area contributed by atoms with Crippen LogP contribution in [0.4, 0.5) is 0 Å². The molecular formula is C78H46B2N2O4. The average Bonchev–Trinajstić information content (AvgIpc) is 2.56.